The van der Waals surface area contributed by atoms with Gasteiger partial charge in [-0.1, -0.05) is 6.92 Å². The van der Waals surface area contributed by atoms with Gasteiger partial charge in [0, 0.05) is 13.1 Å². The molecule has 1 rings (SSSR count). The van der Waals surface area contributed by atoms with Gasteiger partial charge in [0.15, 0.2) is 5.82 Å². The molecular weight excluding hydrogens is 192 g/mol. The second kappa shape index (κ2) is 6.47. The summed E-state index contributed by atoms with van der Waals surface area (Å²) in [5, 5.41) is 15.2. The quantitative estimate of drug-likeness (QED) is 0.626. The Hall–Kier alpha value is -1.01. The van der Waals surface area contributed by atoms with Gasteiger partial charge in [0.25, 0.3) is 0 Å². The van der Waals surface area contributed by atoms with Gasteiger partial charge in [0.05, 0.1) is 13.6 Å². The molecule has 6 heteroatoms. The lowest BCUT2D eigenvalue weighted by Crippen LogP contribution is -2.29. The highest BCUT2D eigenvalue weighted by molar-refractivity contribution is 4.75. The number of rotatable bonds is 7. The fourth-order valence-electron chi connectivity index (χ4n) is 1.28. The van der Waals surface area contributed by atoms with Crippen LogP contribution in [0, 0.1) is 0 Å². The molecule has 15 heavy (non-hydrogen) atoms. The summed E-state index contributed by atoms with van der Waals surface area (Å²) < 4.78 is 0. The molecule has 1 aromatic heterocycles. The molecule has 0 unspecified atom stereocenters. The van der Waals surface area contributed by atoms with Gasteiger partial charge < -0.3 is 5.32 Å². The van der Waals surface area contributed by atoms with Crippen LogP contribution in [-0.2, 0) is 13.6 Å². The maximum atomic E-state index is 4.13. The lowest BCUT2D eigenvalue weighted by Gasteiger charge is -2.14. The standard InChI is InChI=1S/C9H20N6/c1-4-5-10-6-7-14(2)8-9-11-13-15(3)12-9/h10H,4-8H2,1-3H3. The van der Waals surface area contributed by atoms with Crippen LogP contribution in [0.25, 0.3) is 0 Å². The first-order chi connectivity index (χ1) is 7.22. The highest BCUT2D eigenvalue weighted by Crippen LogP contribution is 1.92. The van der Waals surface area contributed by atoms with Crippen molar-refractivity contribution < 1.29 is 0 Å². The predicted molar refractivity (Wildman–Crippen MR) is 58.3 cm³/mol. The number of nitrogens with one attached hydrogen (secondary N) is 1. The summed E-state index contributed by atoms with van der Waals surface area (Å²) in [6, 6.07) is 0. The summed E-state index contributed by atoms with van der Waals surface area (Å²) in [7, 11) is 3.84. The third-order valence-electron chi connectivity index (χ3n) is 2.06. The van der Waals surface area contributed by atoms with E-state index < -0.39 is 0 Å². The first-order valence-corrected chi connectivity index (χ1v) is 5.34. The monoisotopic (exact) mass is 212 g/mol. The third kappa shape index (κ3) is 4.85. The van der Waals surface area contributed by atoms with E-state index in [0.29, 0.717) is 0 Å². The molecule has 1 heterocycles. The topological polar surface area (TPSA) is 58.9 Å². The van der Waals surface area contributed by atoms with E-state index in [1.807, 2.05) is 0 Å². The number of hydrogen-bond acceptors (Lipinski definition) is 5. The summed E-state index contributed by atoms with van der Waals surface area (Å²) in [5.41, 5.74) is 0. The number of aryl methyl sites for hydroxylation is 1. The number of hydrogen-bond donors (Lipinski definition) is 1. The molecule has 0 radical (unpaired) electrons. The van der Waals surface area contributed by atoms with Crippen LogP contribution >= 0.6 is 0 Å². The van der Waals surface area contributed by atoms with Crippen LogP contribution in [0.5, 0.6) is 0 Å². The van der Waals surface area contributed by atoms with Crippen molar-refractivity contribution in [3.8, 4) is 0 Å². The largest absolute Gasteiger partial charge is 0.315 e. The van der Waals surface area contributed by atoms with Gasteiger partial charge in [-0.15, -0.1) is 10.2 Å². The Balaban J connectivity index is 2.15. The number of nitrogens with zero attached hydrogens (tertiary/aromatic N) is 5. The normalized spacial score (nSPS) is 11.2. The zero-order chi connectivity index (χ0) is 11.1. The van der Waals surface area contributed by atoms with Gasteiger partial charge in [-0.2, -0.15) is 4.80 Å². The first kappa shape index (κ1) is 12.1. The summed E-state index contributed by atoms with van der Waals surface area (Å²) in [6.07, 6.45) is 1.18. The van der Waals surface area contributed by atoms with Crippen LogP contribution in [0.1, 0.15) is 19.2 Å². The van der Waals surface area contributed by atoms with Crippen LogP contribution in [0.3, 0.4) is 0 Å². The maximum absolute atomic E-state index is 4.13. The molecule has 0 aliphatic heterocycles. The third-order valence-corrected chi connectivity index (χ3v) is 2.06. The molecule has 0 aliphatic carbocycles. The molecular formula is C9H20N6. The van der Waals surface area contributed by atoms with Gasteiger partial charge in [0.2, 0.25) is 0 Å². The molecule has 0 atom stereocenters. The van der Waals surface area contributed by atoms with Gasteiger partial charge in [-0.3, -0.25) is 4.90 Å². The van der Waals surface area contributed by atoms with E-state index in [9.17, 15) is 0 Å². The minimum atomic E-state index is 0.752. The van der Waals surface area contributed by atoms with E-state index in [2.05, 4.69) is 39.6 Å². The molecule has 0 aromatic carbocycles. The van der Waals surface area contributed by atoms with Crippen LogP contribution in [0.4, 0.5) is 0 Å². The van der Waals surface area contributed by atoms with Gasteiger partial charge in [-0.05, 0) is 25.2 Å². The van der Waals surface area contributed by atoms with E-state index in [-0.39, 0.29) is 0 Å². The van der Waals surface area contributed by atoms with Crippen LogP contribution < -0.4 is 5.32 Å². The Morgan fingerprint density at radius 3 is 2.80 bits per heavy atom. The summed E-state index contributed by atoms with van der Waals surface area (Å²) >= 11 is 0. The average molecular weight is 212 g/mol. The zero-order valence-corrected chi connectivity index (χ0v) is 9.77. The van der Waals surface area contributed by atoms with Gasteiger partial charge in [0.1, 0.15) is 0 Å². The van der Waals surface area contributed by atoms with Crippen molar-refractivity contribution in [2.45, 2.75) is 19.9 Å². The fraction of sp³-hybridized carbons (Fsp3) is 0.889. The Bertz CT molecular complexity index is 271. The molecule has 0 amide bonds. The average Bonchev–Trinajstić information content (AvgIpc) is 2.59. The highest BCUT2D eigenvalue weighted by atomic mass is 15.6. The van der Waals surface area contributed by atoms with Crippen molar-refractivity contribution in [2.24, 2.45) is 7.05 Å². The zero-order valence-electron chi connectivity index (χ0n) is 9.77. The van der Waals surface area contributed by atoms with Crippen LogP contribution in [0.15, 0.2) is 0 Å². The molecule has 0 bridgehead atoms. The Morgan fingerprint density at radius 2 is 2.20 bits per heavy atom. The van der Waals surface area contributed by atoms with E-state index >= 15 is 0 Å². The van der Waals surface area contributed by atoms with Gasteiger partial charge in [-0.25, -0.2) is 0 Å². The predicted octanol–water partition coefficient (Wildman–Crippen LogP) is -0.358. The van der Waals surface area contributed by atoms with Crippen molar-refractivity contribution in [2.75, 3.05) is 26.7 Å². The van der Waals surface area contributed by atoms with Crippen molar-refractivity contribution in [1.29, 1.82) is 0 Å². The minimum absolute atomic E-state index is 0.752. The lowest BCUT2D eigenvalue weighted by molar-refractivity contribution is 0.316. The molecule has 0 aliphatic rings. The maximum Gasteiger partial charge on any atom is 0.188 e. The van der Waals surface area contributed by atoms with Crippen molar-refractivity contribution >= 4 is 0 Å². The van der Waals surface area contributed by atoms with Gasteiger partial charge >= 0.3 is 0 Å². The number of tetrazole rings is 1. The van der Waals surface area contributed by atoms with E-state index in [4.69, 9.17) is 0 Å². The summed E-state index contributed by atoms with van der Waals surface area (Å²) in [4.78, 5) is 3.66. The molecule has 86 valence electrons. The fourth-order valence-corrected chi connectivity index (χ4v) is 1.28. The molecule has 0 saturated heterocycles. The lowest BCUT2D eigenvalue weighted by atomic mass is 10.4. The smallest absolute Gasteiger partial charge is 0.188 e. The molecule has 1 aromatic rings. The molecule has 0 fully saturated rings. The number of aromatic nitrogens is 4. The molecule has 1 N–H and O–H groups in total. The molecule has 6 nitrogen and oxygen atoms in total. The second-order valence-corrected chi connectivity index (χ2v) is 3.68. The number of likely N-dealkylation sites (N-methyl/N-ethyl adjacent to an activating group) is 1. The van der Waals surface area contributed by atoms with E-state index in [1.54, 1.807) is 7.05 Å². The van der Waals surface area contributed by atoms with Crippen molar-refractivity contribution in [3.63, 3.8) is 0 Å². The molecule has 0 spiro atoms. The first-order valence-electron chi connectivity index (χ1n) is 5.34. The van der Waals surface area contributed by atoms with Crippen molar-refractivity contribution in [1.82, 2.24) is 30.4 Å². The summed E-state index contributed by atoms with van der Waals surface area (Å²) in [5.74, 6) is 0.774. The Labute approximate surface area is 90.6 Å². The van der Waals surface area contributed by atoms with E-state index in [1.165, 1.54) is 11.2 Å². The van der Waals surface area contributed by atoms with Crippen LogP contribution in [-0.4, -0.2) is 51.8 Å². The summed E-state index contributed by atoms with van der Waals surface area (Å²) in [6.45, 7) is 6.00. The second-order valence-electron chi connectivity index (χ2n) is 3.68. The Morgan fingerprint density at radius 1 is 1.40 bits per heavy atom. The van der Waals surface area contributed by atoms with Crippen LogP contribution in [0.2, 0.25) is 0 Å². The van der Waals surface area contributed by atoms with E-state index in [0.717, 1.165) is 32.0 Å². The van der Waals surface area contributed by atoms with Crippen molar-refractivity contribution in [3.05, 3.63) is 5.82 Å². The Kier molecular flexibility index (Phi) is 5.20. The molecule has 0 saturated carbocycles. The highest BCUT2D eigenvalue weighted by Gasteiger charge is 2.04. The minimum Gasteiger partial charge on any atom is -0.315 e. The SMILES string of the molecule is CCCNCCN(C)Cc1nnn(C)n1.